The van der Waals surface area contributed by atoms with Crippen molar-refractivity contribution in [1.29, 1.82) is 0 Å². The molecule has 5 nitrogen and oxygen atoms in total. The van der Waals surface area contributed by atoms with E-state index in [-0.39, 0.29) is 21.9 Å². The minimum absolute atomic E-state index is 0.00760. The van der Waals surface area contributed by atoms with Crippen molar-refractivity contribution in [2.75, 3.05) is 26.7 Å². The number of amides is 2. The van der Waals surface area contributed by atoms with Gasteiger partial charge in [-0.2, -0.15) is 4.79 Å². The molecule has 0 aliphatic carbocycles. The Morgan fingerprint density at radius 1 is 1.40 bits per heavy atom. The molecule has 1 fully saturated rings. The summed E-state index contributed by atoms with van der Waals surface area (Å²) in [7, 11) is 1.63. The molecule has 0 aromatic heterocycles. The molecular formula is C18H25BrFN2O3+. The van der Waals surface area contributed by atoms with E-state index in [1.54, 1.807) is 13.1 Å². The van der Waals surface area contributed by atoms with E-state index in [9.17, 15) is 19.1 Å². The van der Waals surface area contributed by atoms with E-state index in [0.29, 0.717) is 24.1 Å². The number of hydrogen-bond acceptors (Lipinski definition) is 2. The number of benzene rings is 1. The number of rotatable bonds is 3. The first-order valence-corrected chi connectivity index (χ1v) is 9.08. The summed E-state index contributed by atoms with van der Waals surface area (Å²) >= 11 is 3.18. The third-order valence-electron chi connectivity index (χ3n) is 5.18. The van der Waals surface area contributed by atoms with E-state index in [1.165, 1.54) is 17.0 Å². The average molecular weight is 416 g/mol. The average Bonchev–Trinajstić information content (AvgIpc) is 2.91. The van der Waals surface area contributed by atoms with Crippen molar-refractivity contribution in [2.24, 2.45) is 5.92 Å². The maximum Gasteiger partial charge on any atom is 0.513 e. The van der Waals surface area contributed by atoms with Crippen molar-refractivity contribution >= 4 is 27.9 Å². The Morgan fingerprint density at radius 3 is 2.52 bits per heavy atom. The lowest BCUT2D eigenvalue weighted by atomic mass is 10.0. The van der Waals surface area contributed by atoms with Gasteiger partial charge in [0.05, 0.1) is 18.7 Å². The topological polar surface area (TPSA) is 57.6 Å². The van der Waals surface area contributed by atoms with Gasteiger partial charge in [-0.3, -0.25) is 4.79 Å². The van der Waals surface area contributed by atoms with Crippen LogP contribution in [0.15, 0.2) is 22.7 Å². The molecule has 0 radical (unpaired) electrons. The molecular weight excluding hydrogens is 391 g/mol. The van der Waals surface area contributed by atoms with Gasteiger partial charge in [-0.05, 0) is 39.0 Å². The van der Waals surface area contributed by atoms with Crippen LogP contribution in [0.1, 0.15) is 37.6 Å². The minimum atomic E-state index is -0.831. The van der Waals surface area contributed by atoms with Crippen LogP contribution in [0.4, 0.5) is 9.18 Å². The molecule has 1 aliphatic heterocycles. The van der Waals surface area contributed by atoms with Crippen molar-refractivity contribution in [2.45, 2.75) is 32.7 Å². The van der Waals surface area contributed by atoms with Gasteiger partial charge < -0.3 is 10.0 Å². The predicted octanol–water partition coefficient (Wildman–Crippen LogP) is 3.97. The Balaban J connectivity index is 2.10. The first kappa shape index (κ1) is 19.8. The lowest BCUT2D eigenvalue weighted by Gasteiger charge is -2.40. The van der Waals surface area contributed by atoms with Crippen molar-refractivity contribution in [3.05, 3.63) is 34.1 Å². The number of carbonyl (C=O) groups is 2. The van der Waals surface area contributed by atoms with Crippen LogP contribution < -0.4 is 0 Å². The predicted molar refractivity (Wildman–Crippen MR) is 96.9 cm³/mol. The van der Waals surface area contributed by atoms with Gasteiger partial charge >= 0.3 is 6.09 Å². The molecule has 1 heterocycles. The van der Waals surface area contributed by atoms with Crippen LogP contribution in [0.25, 0.3) is 0 Å². The second-order valence-corrected chi connectivity index (χ2v) is 8.71. The lowest BCUT2D eigenvalue weighted by Crippen LogP contribution is -2.62. The summed E-state index contributed by atoms with van der Waals surface area (Å²) in [6.07, 6.45) is -0.104. The highest BCUT2D eigenvalue weighted by atomic mass is 79.9. The maximum atomic E-state index is 14.0. The number of carbonyl (C=O) groups excluding carboxylic acids is 1. The third-order valence-corrected chi connectivity index (χ3v) is 5.67. The standard InChI is InChI=1S/C18H24BrFN2O3/c1-18(2,3)22(17(24)25)8-7-12(11-22)10-21(4)16(23)14-6-5-13(19)9-15(14)20/h5-6,9,12H,7-8,10-11H2,1-4H3/p+1/t12-,22?/m0/s1. The van der Waals surface area contributed by atoms with E-state index >= 15 is 0 Å². The third kappa shape index (κ3) is 3.87. The highest BCUT2D eigenvalue weighted by Crippen LogP contribution is 2.35. The zero-order valence-corrected chi connectivity index (χ0v) is 16.6. The highest BCUT2D eigenvalue weighted by molar-refractivity contribution is 9.10. The highest BCUT2D eigenvalue weighted by Gasteiger charge is 2.53. The van der Waals surface area contributed by atoms with E-state index in [4.69, 9.17) is 0 Å². The molecule has 1 unspecified atom stereocenters. The maximum absolute atomic E-state index is 14.0. The van der Waals surface area contributed by atoms with Gasteiger partial charge in [0.2, 0.25) is 0 Å². The normalized spacial score (nSPS) is 23.5. The number of halogens is 2. The molecule has 0 spiro atoms. The molecule has 1 aromatic carbocycles. The Kier molecular flexibility index (Phi) is 5.59. The second-order valence-electron chi connectivity index (χ2n) is 7.79. The number of carboxylic acid groups (broad SMARTS) is 1. The minimum Gasteiger partial charge on any atom is -0.435 e. The van der Waals surface area contributed by atoms with Crippen molar-refractivity contribution < 1.29 is 23.6 Å². The van der Waals surface area contributed by atoms with Gasteiger partial charge in [-0.1, -0.05) is 15.9 Å². The number of quaternary nitrogens is 1. The summed E-state index contributed by atoms with van der Waals surface area (Å²) in [5.41, 5.74) is -0.389. The smallest absolute Gasteiger partial charge is 0.435 e. The Labute approximate surface area is 156 Å². The van der Waals surface area contributed by atoms with Crippen LogP contribution in [-0.4, -0.2) is 58.7 Å². The van der Waals surface area contributed by atoms with E-state index in [0.717, 1.165) is 6.42 Å². The van der Waals surface area contributed by atoms with Crippen molar-refractivity contribution in [1.82, 2.24) is 4.90 Å². The van der Waals surface area contributed by atoms with E-state index in [2.05, 4.69) is 15.9 Å². The number of likely N-dealkylation sites (tertiary alicyclic amines) is 1. The first-order valence-electron chi connectivity index (χ1n) is 8.29. The van der Waals surface area contributed by atoms with Gasteiger partial charge in [0.1, 0.15) is 11.4 Å². The SMILES string of the molecule is CN(C[C@@H]1CC[N+](C(=O)O)(C(C)(C)C)C1)C(=O)c1ccc(Br)cc1F. The second kappa shape index (κ2) is 7.03. The van der Waals surface area contributed by atoms with Gasteiger partial charge in [-0.15, -0.1) is 0 Å². The summed E-state index contributed by atoms with van der Waals surface area (Å²) in [6.45, 7) is 7.20. The van der Waals surface area contributed by atoms with Crippen LogP contribution in [0.2, 0.25) is 0 Å². The fourth-order valence-electron chi connectivity index (χ4n) is 3.58. The first-order chi connectivity index (χ1) is 11.5. The van der Waals surface area contributed by atoms with Crippen LogP contribution in [0.3, 0.4) is 0 Å². The molecule has 2 amide bonds. The largest absolute Gasteiger partial charge is 0.513 e. The molecule has 0 bridgehead atoms. The fourth-order valence-corrected chi connectivity index (χ4v) is 3.92. The molecule has 1 N–H and O–H groups in total. The number of hydrogen-bond donors (Lipinski definition) is 1. The fraction of sp³-hybridized carbons (Fsp3) is 0.556. The molecule has 0 saturated carbocycles. The molecule has 2 rings (SSSR count). The summed E-state index contributed by atoms with van der Waals surface area (Å²) in [6, 6.07) is 4.36. The summed E-state index contributed by atoms with van der Waals surface area (Å²) in [5, 5.41) is 9.74. The molecule has 1 aromatic rings. The van der Waals surface area contributed by atoms with Gasteiger partial charge in [0.25, 0.3) is 5.91 Å². The van der Waals surface area contributed by atoms with Crippen molar-refractivity contribution in [3.8, 4) is 0 Å². The van der Waals surface area contributed by atoms with Gasteiger partial charge in [-0.25, -0.2) is 8.87 Å². The van der Waals surface area contributed by atoms with E-state index in [1.807, 2.05) is 20.8 Å². The summed E-state index contributed by atoms with van der Waals surface area (Å²) < 4.78 is 14.6. The monoisotopic (exact) mass is 415 g/mol. The Hall–Kier alpha value is -1.47. The quantitative estimate of drug-likeness (QED) is 0.759. The Morgan fingerprint density at radius 2 is 2.04 bits per heavy atom. The lowest BCUT2D eigenvalue weighted by molar-refractivity contribution is -0.893. The molecule has 7 heteroatoms. The summed E-state index contributed by atoms with van der Waals surface area (Å²) in [5.74, 6) is -0.883. The van der Waals surface area contributed by atoms with Gasteiger partial charge in [0, 0.05) is 30.4 Å². The molecule has 2 atom stereocenters. The van der Waals surface area contributed by atoms with Gasteiger partial charge in [0.15, 0.2) is 0 Å². The summed E-state index contributed by atoms with van der Waals surface area (Å²) in [4.78, 5) is 25.9. The Bertz CT molecular complexity index is 689. The van der Waals surface area contributed by atoms with Crippen LogP contribution in [0, 0.1) is 11.7 Å². The van der Waals surface area contributed by atoms with Crippen LogP contribution in [-0.2, 0) is 0 Å². The molecule has 138 valence electrons. The van der Waals surface area contributed by atoms with Crippen molar-refractivity contribution in [3.63, 3.8) is 0 Å². The molecule has 1 saturated heterocycles. The number of nitrogens with zero attached hydrogens (tertiary/aromatic N) is 2. The van der Waals surface area contributed by atoms with Crippen LogP contribution >= 0.6 is 15.9 Å². The molecule has 1 aliphatic rings. The molecule has 25 heavy (non-hydrogen) atoms. The zero-order chi connectivity index (χ0) is 19.0. The van der Waals surface area contributed by atoms with Crippen LogP contribution in [0.5, 0.6) is 0 Å². The van der Waals surface area contributed by atoms with E-state index < -0.39 is 17.4 Å². The zero-order valence-electron chi connectivity index (χ0n) is 15.1.